The van der Waals surface area contributed by atoms with E-state index in [1.807, 2.05) is 66.9 Å². The number of benzene rings is 2. The SMILES string of the molecule is CCCCOc1ccc(-c2nn(-c3ccccc3)cc2/C=C2/C(=O)N(CC3CCCO3)C(=O)C(C#N)=C2C)cc1. The zero-order valence-electron chi connectivity index (χ0n) is 22.8. The minimum absolute atomic E-state index is 0.0329. The molecule has 1 unspecified atom stereocenters. The van der Waals surface area contributed by atoms with Crippen molar-refractivity contribution in [2.45, 2.75) is 45.6 Å². The fourth-order valence-electron chi connectivity index (χ4n) is 4.92. The highest BCUT2D eigenvalue weighted by molar-refractivity contribution is 6.19. The Balaban J connectivity index is 1.57. The van der Waals surface area contributed by atoms with Crippen LogP contribution in [0.3, 0.4) is 0 Å². The molecule has 1 fully saturated rings. The molecular weight excluding hydrogens is 504 g/mol. The van der Waals surface area contributed by atoms with Gasteiger partial charge in [0.05, 0.1) is 30.6 Å². The summed E-state index contributed by atoms with van der Waals surface area (Å²) in [6.07, 6.45) is 7.07. The average Bonchev–Trinajstić information content (AvgIpc) is 3.65. The first-order chi connectivity index (χ1) is 19.5. The van der Waals surface area contributed by atoms with Gasteiger partial charge in [0.25, 0.3) is 11.8 Å². The lowest BCUT2D eigenvalue weighted by atomic mass is 9.93. The second-order valence-corrected chi connectivity index (χ2v) is 9.97. The van der Waals surface area contributed by atoms with Crippen LogP contribution in [-0.4, -0.2) is 52.4 Å². The number of nitrogens with zero attached hydrogens (tertiary/aromatic N) is 4. The van der Waals surface area contributed by atoms with Crippen LogP contribution < -0.4 is 4.74 Å². The number of carbonyl (C=O) groups is 2. The van der Waals surface area contributed by atoms with Gasteiger partial charge in [0.15, 0.2) is 0 Å². The summed E-state index contributed by atoms with van der Waals surface area (Å²) in [6, 6.07) is 19.4. The molecule has 8 nitrogen and oxygen atoms in total. The lowest BCUT2D eigenvalue weighted by Crippen LogP contribution is -2.46. The first-order valence-electron chi connectivity index (χ1n) is 13.7. The number of ether oxygens (including phenoxy) is 2. The Bertz CT molecular complexity index is 1490. The Morgan fingerprint density at radius 3 is 2.58 bits per heavy atom. The van der Waals surface area contributed by atoms with E-state index in [1.54, 1.807) is 17.7 Å². The summed E-state index contributed by atoms with van der Waals surface area (Å²) in [5.41, 5.74) is 3.69. The van der Waals surface area contributed by atoms with Crippen molar-refractivity contribution in [3.8, 4) is 28.8 Å². The molecule has 2 amide bonds. The van der Waals surface area contributed by atoms with Crippen molar-refractivity contribution < 1.29 is 19.1 Å². The molecule has 1 aromatic heterocycles. The van der Waals surface area contributed by atoms with Gasteiger partial charge in [0, 0.05) is 29.5 Å². The highest BCUT2D eigenvalue weighted by Crippen LogP contribution is 2.32. The molecule has 8 heteroatoms. The minimum Gasteiger partial charge on any atom is -0.494 e. The van der Waals surface area contributed by atoms with E-state index in [-0.39, 0.29) is 18.2 Å². The summed E-state index contributed by atoms with van der Waals surface area (Å²) in [6.45, 7) is 5.16. The van der Waals surface area contributed by atoms with Gasteiger partial charge in [-0.1, -0.05) is 31.5 Å². The van der Waals surface area contributed by atoms with Crippen LogP contribution in [0.2, 0.25) is 0 Å². The standard InChI is InChI=1S/C32H32N4O4/c1-3-4-16-39-26-14-12-23(13-15-26)30-24(20-36(34-30)25-9-6-5-7-10-25)18-28-22(2)29(19-33)32(38)35(31(28)37)21-27-11-8-17-40-27/h5-7,9-10,12-15,18,20,27H,3-4,8,11,16-17,21H2,1-2H3/b28-18+. The van der Waals surface area contributed by atoms with Crippen molar-refractivity contribution in [2.75, 3.05) is 19.8 Å². The zero-order chi connectivity index (χ0) is 28.1. The largest absolute Gasteiger partial charge is 0.494 e. The van der Waals surface area contributed by atoms with Crippen LogP contribution in [0.5, 0.6) is 5.75 Å². The normalized spacial score (nSPS) is 18.5. The number of aromatic nitrogens is 2. The number of imide groups is 1. The molecule has 0 bridgehead atoms. The number of nitriles is 1. The van der Waals surface area contributed by atoms with E-state index >= 15 is 0 Å². The Labute approximate surface area is 234 Å². The van der Waals surface area contributed by atoms with Gasteiger partial charge in [-0.2, -0.15) is 10.4 Å². The number of unbranched alkanes of at least 4 members (excludes halogenated alkanes) is 1. The fourth-order valence-corrected chi connectivity index (χ4v) is 4.92. The van der Waals surface area contributed by atoms with E-state index in [0.29, 0.717) is 35.6 Å². The Morgan fingerprint density at radius 1 is 1.12 bits per heavy atom. The van der Waals surface area contributed by atoms with Crippen molar-refractivity contribution in [1.82, 2.24) is 14.7 Å². The summed E-state index contributed by atoms with van der Waals surface area (Å²) in [4.78, 5) is 27.9. The summed E-state index contributed by atoms with van der Waals surface area (Å²) in [5.74, 6) is -0.227. The van der Waals surface area contributed by atoms with E-state index in [1.165, 1.54) is 0 Å². The van der Waals surface area contributed by atoms with Gasteiger partial charge in [-0.05, 0) is 74.2 Å². The van der Waals surface area contributed by atoms with Gasteiger partial charge in [-0.3, -0.25) is 14.5 Å². The highest BCUT2D eigenvalue weighted by atomic mass is 16.5. The third-order valence-corrected chi connectivity index (χ3v) is 7.19. The van der Waals surface area contributed by atoms with Gasteiger partial charge < -0.3 is 9.47 Å². The quantitative estimate of drug-likeness (QED) is 0.204. The molecule has 0 spiro atoms. The van der Waals surface area contributed by atoms with E-state index in [2.05, 4.69) is 6.92 Å². The monoisotopic (exact) mass is 536 g/mol. The maximum absolute atomic E-state index is 13.7. The van der Waals surface area contributed by atoms with Crippen molar-refractivity contribution in [2.24, 2.45) is 0 Å². The molecule has 204 valence electrons. The third kappa shape index (κ3) is 5.61. The number of amides is 2. The van der Waals surface area contributed by atoms with Gasteiger partial charge >= 0.3 is 0 Å². The molecule has 2 aromatic carbocycles. The number of rotatable bonds is 9. The average molecular weight is 537 g/mol. The molecule has 3 aromatic rings. The number of para-hydroxylation sites is 1. The Morgan fingerprint density at radius 2 is 1.90 bits per heavy atom. The number of carbonyl (C=O) groups excluding carboxylic acids is 2. The fraction of sp³-hybridized carbons (Fsp3) is 0.312. The zero-order valence-corrected chi connectivity index (χ0v) is 22.8. The molecule has 0 N–H and O–H groups in total. The van der Waals surface area contributed by atoms with Gasteiger partial charge in [-0.15, -0.1) is 0 Å². The Hall–Kier alpha value is -4.48. The first kappa shape index (κ1) is 27.1. The van der Waals surface area contributed by atoms with Crippen LogP contribution in [0, 0.1) is 11.3 Å². The van der Waals surface area contributed by atoms with Crippen LogP contribution in [0.15, 0.2) is 77.5 Å². The summed E-state index contributed by atoms with van der Waals surface area (Å²) < 4.78 is 13.3. The third-order valence-electron chi connectivity index (χ3n) is 7.19. The molecule has 1 saturated heterocycles. The summed E-state index contributed by atoms with van der Waals surface area (Å²) >= 11 is 0. The van der Waals surface area contributed by atoms with E-state index < -0.39 is 11.8 Å². The first-order valence-corrected chi connectivity index (χ1v) is 13.7. The van der Waals surface area contributed by atoms with Crippen LogP contribution in [0.1, 0.15) is 45.1 Å². The van der Waals surface area contributed by atoms with Crippen molar-refractivity contribution in [3.63, 3.8) is 0 Å². The molecule has 2 aliphatic heterocycles. The molecule has 0 saturated carbocycles. The molecule has 0 radical (unpaired) electrons. The summed E-state index contributed by atoms with van der Waals surface area (Å²) in [5, 5.41) is 14.7. The topological polar surface area (TPSA) is 97.4 Å². The van der Waals surface area contributed by atoms with Crippen LogP contribution in [-0.2, 0) is 14.3 Å². The van der Waals surface area contributed by atoms with Crippen molar-refractivity contribution in [1.29, 1.82) is 5.26 Å². The molecule has 40 heavy (non-hydrogen) atoms. The smallest absolute Gasteiger partial charge is 0.271 e. The van der Waals surface area contributed by atoms with E-state index in [0.717, 1.165) is 47.6 Å². The molecule has 0 aliphatic carbocycles. The lowest BCUT2D eigenvalue weighted by Gasteiger charge is -2.29. The molecule has 3 heterocycles. The predicted octanol–water partition coefficient (Wildman–Crippen LogP) is 5.49. The lowest BCUT2D eigenvalue weighted by molar-refractivity contribution is -0.142. The molecular formula is C32H32N4O4. The summed E-state index contributed by atoms with van der Waals surface area (Å²) in [7, 11) is 0. The van der Waals surface area contributed by atoms with E-state index in [9.17, 15) is 14.9 Å². The molecule has 2 aliphatic rings. The minimum atomic E-state index is -0.573. The number of hydrogen-bond donors (Lipinski definition) is 0. The van der Waals surface area contributed by atoms with E-state index in [4.69, 9.17) is 14.6 Å². The second kappa shape index (κ2) is 12.1. The Kier molecular flexibility index (Phi) is 8.23. The van der Waals surface area contributed by atoms with Gasteiger partial charge in [0.2, 0.25) is 0 Å². The maximum atomic E-state index is 13.7. The van der Waals surface area contributed by atoms with Gasteiger partial charge in [0.1, 0.15) is 17.4 Å². The molecule has 5 rings (SSSR count). The van der Waals surface area contributed by atoms with Gasteiger partial charge in [-0.25, -0.2) is 4.68 Å². The van der Waals surface area contributed by atoms with Crippen molar-refractivity contribution >= 4 is 17.9 Å². The van der Waals surface area contributed by atoms with Crippen LogP contribution >= 0.6 is 0 Å². The molecule has 1 atom stereocenters. The van der Waals surface area contributed by atoms with Crippen LogP contribution in [0.4, 0.5) is 0 Å². The maximum Gasteiger partial charge on any atom is 0.271 e. The second-order valence-electron chi connectivity index (χ2n) is 9.97. The highest BCUT2D eigenvalue weighted by Gasteiger charge is 2.37. The van der Waals surface area contributed by atoms with Crippen LogP contribution in [0.25, 0.3) is 23.0 Å². The predicted molar refractivity (Wildman–Crippen MR) is 151 cm³/mol. The van der Waals surface area contributed by atoms with Crippen molar-refractivity contribution in [3.05, 3.63) is 83.1 Å². The number of hydrogen-bond acceptors (Lipinski definition) is 6.